The predicted molar refractivity (Wildman–Crippen MR) is 99.3 cm³/mol. The smallest absolute Gasteiger partial charge is 0.191 e. The Morgan fingerprint density at radius 1 is 1.30 bits per heavy atom. The molecule has 23 heavy (non-hydrogen) atoms. The first-order valence-corrected chi connectivity index (χ1v) is 9.81. The van der Waals surface area contributed by atoms with Crippen LogP contribution < -0.4 is 4.74 Å². The molecule has 3 aromatic rings. The zero-order valence-electron chi connectivity index (χ0n) is 12.8. The van der Waals surface area contributed by atoms with Crippen LogP contribution in [0.3, 0.4) is 0 Å². The number of thiophene rings is 1. The van der Waals surface area contributed by atoms with Gasteiger partial charge in [0.2, 0.25) is 0 Å². The van der Waals surface area contributed by atoms with Gasteiger partial charge in [0, 0.05) is 22.3 Å². The highest BCUT2D eigenvalue weighted by Crippen LogP contribution is 2.32. The minimum absolute atomic E-state index is 0.783. The average Bonchev–Trinajstić information content (AvgIpc) is 3.21. The minimum Gasteiger partial charge on any atom is -0.496 e. The molecule has 120 valence electrons. The molecule has 0 fully saturated rings. The molecule has 0 spiro atoms. The van der Waals surface area contributed by atoms with E-state index < -0.39 is 0 Å². The summed E-state index contributed by atoms with van der Waals surface area (Å²) in [7, 11) is 1.70. The van der Waals surface area contributed by atoms with E-state index >= 15 is 0 Å². The van der Waals surface area contributed by atoms with Crippen LogP contribution in [0.1, 0.15) is 12.5 Å². The van der Waals surface area contributed by atoms with Crippen molar-refractivity contribution in [1.82, 2.24) is 14.8 Å². The first-order valence-electron chi connectivity index (χ1n) is 7.15. The summed E-state index contributed by atoms with van der Waals surface area (Å²) >= 11 is 6.87. The van der Waals surface area contributed by atoms with Crippen LogP contribution in [0, 0.1) is 0 Å². The molecular formula is C16H16BrN3OS2. The van der Waals surface area contributed by atoms with Crippen molar-refractivity contribution in [2.24, 2.45) is 0 Å². The maximum absolute atomic E-state index is 5.43. The van der Waals surface area contributed by atoms with Gasteiger partial charge in [-0.15, -0.1) is 21.5 Å². The molecule has 3 rings (SSSR count). The van der Waals surface area contributed by atoms with E-state index in [1.165, 1.54) is 0 Å². The van der Waals surface area contributed by atoms with Gasteiger partial charge in [0.25, 0.3) is 0 Å². The largest absolute Gasteiger partial charge is 0.496 e. The number of nitrogens with zero attached hydrogens (tertiary/aromatic N) is 3. The Bertz CT molecular complexity index is 787. The fourth-order valence-corrected chi connectivity index (χ4v) is 4.38. The molecule has 4 nitrogen and oxygen atoms in total. The highest BCUT2D eigenvalue weighted by atomic mass is 79.9. The minimum atomic E-state index is 0.783. The van der Waals surface area contributed by atoms with Crippen LogP contribution in [0.25, 0.3) is 10.7 Å². The summed E-state index contributed by atoms with van der Waals surface area (Å²) in [5.74, 6) is 2.61. The van der Waals surface area contributed by atoms with E-state index in [9.17, 15) is 0 Å². The van der Waals surface area contributed by atoms with Crippen LogP contribution in [0.15, 0.2) is 45.3 Å². The lowest BCUT2D eigenvalue weighted by atomic mass is 10.2. The molecular weight excluding hydrogens is 394 g/mol. The van der Waals surface area contributed by atoms with Crippen molar-refractivity contribution in [3.63, 3.8) is 0 Å². The van der Waals surface area contributed by atoms with Crippen LogP contribution in [0.2, 0.25) is 0 Å². The Hall–Kier alpha value is -1.31. The van der Waals surface area contributed by atoms with Gasteiger partial charge in [-0.05, 0) is 36.6 Å². The summed E-state index contributed by atoms with van der Waals surface area (Å²) in [6, 6.07) is 10.1. The van der Waals surface area contributed by atoms with Crippen molar-refractivity contribution >= 4 is 39.0 Å². The first kappa shape index (κ1) is 16.5. The third-order valence-electron chi connectivity index (χ3n) is 3.37. The van der Waals surface area contributed by atoms with Crippen LogP contribution in [0.5, 0.6) is 5.75 Å². The predicted octanol–water partition coefficient (Wildman–Crippen LogP) is 5.09. The standard InChI is InChI=1S/C16H16BrN3OS2/c1-3-20-15(14-5-4-8-22-14)18-19-16(20)23-10-11-9-12(17)6-7-13(11)21-2/h4-9H,3,10H2,1-2H3. The Balaban J connectivity index is 1.83. The number of rotatable bonds is 6. The maximum atomic E-state index is 5.43. The third kappa shape index (κ3) is 3.62. The van der Waals surface area contributed by atoms with Crippen molar-refractivity contribution < 1.29 is 4.74 Å². The van der Waals surface area contributed by atoms with E-state index in [-0.39, 0.29) is 0 Å². The van der Waals surface area contributed by atoms with E-state index in [0.29, 0.717) is 0 Å². The van der Waals surface area contributed by atoms with Gasteiger partial charge in [0.15, 0.2) is 11.0 Å². The number of benzene rings is 1. The average molecular weight is 410 g/mol. The van der Waals surface area contributed by atoms with Gasteiger partial charge >= 0.3 is 0 Å². The summed E-state index contributed by atoms with van der Waals surface area (Å²) < 4.78 is 8.63. The molecule has 0 aliphatic carbocycles. The lowest BCUT2D eigenvalue weighted by Gasteiger charge is -2.09. The molecule has 0 radical (unpaired) electrons. The van der Waals surface area contributed by atoms with Crippen molar-refractivity contribution in [3.05, 3.63) is 45.7 Å². The number of thioether (sulfide) groups is 1. The first-order chi connectivity index (χ1) is 11.2. The number of ether oxygens (including phenoxy) is 1. The van der Waals surface area contributed by atoms with E-state index in [1.54, 1.807) is 30.2 Å². The van der Waals surface area contributed by atoms with Gasteiger partial charge in [-0.1, -0.05) is 33.8 Å². The second-order valence-electron chi connectivity index (χ2n) is 4.77. The lowest BCUT2D eigenvalue weighted by Crippen LogP contribution is -1.99. The summed E-state index contributed by atoms with van der Waals surface area (Å²) in [5, 5.41) is 11.7. The van der Waals surface area contributed by atoms with Crippen molar-refractivity contribution in [2.45, 2.75) is 24.4 Å². The number of halogens is 1. The quantitative estimate of drug-likeness (QED) is 0.531. The molecule has 2 heterocycles. The maximum Gasteiger partial charge on any atom is 0.191 e. The summed E-state index contributed by atoms with van der Waals surface area (Å²) in [5.41, 5.74) is 1.13. The van der Waals surface area contributed by atoms with Gasteiger partial charge in [0.1, 0.15) is 5.75 Å². The van der Waals surface area contributed by atoms with E-state index in [0.717, 1.165) is 43.9 Å². The number of methoxy groups -OCH3 is 1. The molecule has 0 aliphatic rings. The molecule has 0 atom stereocenters. The van der Waals surface area contributed by atoms with Crippen LogP contribution >= 0.6 is 39.0 Å². The molecule has 2 aromatic heterocycles. The van der Waals surface area contributed by atoms with Crippen LogP contribution in [-0.4, -0.2) is 21.9 Å². The second-order valence-corrected chi connectivity index (χ2v) is 7.58. The Morgan fingerprint density at radius 2 is 2.17 bits per heavy atom. The zero-order valence-corrected chi connectivity index (χ0v) is 16.0. The molecule has 0 saturated carbocycles. The number of hydrogen-bond acceptors (Lipinski definition) is 5. The van der Waals surface area contributed by atoms with Crippen molar-refractivity contribution in [1.29, 1.82) is 0 Å². The topological polar surface area (TPSA) is 39.9 Å². The van der Waals surface area contributed by atoms with Crippen molar-refractivity contribution in [3.8, 4) is 16.5 Å². The van der Waals surface area contributed by atoms with Crippen LogP contribution in [0.4, 0.5) is 0 Å². The fourth-order valence-electron chi connectivity index (χ4n) is 2.27. The third-order valence-corrected chi connectivity index (χ3v) is 5.75. The number of hydrogen-bond donors (Lipinski definition) is 0. The SMILES string of the molecule is CCn1c(SCc2cc(Br)ccc2OC)nnc1-c1cccs1. The van der Waals surface area contributed by atoms with E-state index in [4.69, 9.17) is 4.74 Å². The van der Waals surface area contributed by atoms with Crippen LogP contribution in [-0.2, 0) is 12.3 Å². The normalized spacial score (nSPS) is 10.9. The van der Waals surface area contributed by atoms with E-state index in [2.05, 4.69) is 55.1 Å². The van der Waals surface area contributed by atoms with Gasteiger partial charge in [-0.3, -0.25) is 0 Å². The summed E-state index contributed by atoms with van der Waals surface area (Å²) in [4.78, 5) is 1.14. The summed E-state index contributed by atoms with van der Waals surface area (Å²) in [6.07, 6.45) is 0. The molecule has 0 unspecified atom stereocenters. The highest BCUT2D eigenvalue weighted by Gasteiger charge is 2.14. The van der Waals surface area contributed by atoms with Gasteiger partial charge < -0.3 is 9.30 Å². The number of aromatic nitrogens is 3. The van der Waals surface area contributed by atoms with Gasteiger partial charge in [-0.25, -0.2) is 0 Å². The molecule has 1 aromatic carbocycles. The fraction of sp³-hybridized carbons (Fsp3) is 0.250. The van der Waals surface area contributed by atoms with Crippen molar-refractivity contribution in [2.75, 3.05) is 7.11 Å². The summed E-state index contributed by atoms with van der Waals surface area (Å²) in [6.45, 7) is 2.96. The second kappa shape index (κ2) is 7.51. The van der Waals surface area contributed by atoms with Gasteiger partial charge in [-0.2, -0.15) is 0 Å². The molecule has 0 aliphatic heterocycles. The highest BCUT2D eigenvalue weighted by molar-refractivity contribution is 9.10. The molecule has 0 bridgehead atoms. The Kier molecular flexibility index (Phi) is 5.40. The Labute approximate surface area is 152 Å². The Morgan fingerprint density at radius 3 is 2.87 bits per heavy atom. The monoisotopic (exact) mass is 409 g/mol. The lowest BCUT2D eigenvalue weighted by molar-refractivity contribution is 0.411. The molecule has 7 heteroatoms. The van der Waals surface area contributed by atoms with Gasteiger partial charge in [0.05, 0.1) is 12.0 Å². The molecule has 0 amide bonds. The van der Waals surface area contributed by atoms with E-state index in [1.807, 2.05) is 18.2 Å². The molecule has 0 N–H and O–H groups in total. The molecule has 0 saturated heterocycles. The zero-order chi connectivity index (χ0) is 16.2.